The number of rotatable bonds is 2. The zero-order chi connectivity index (χ0) is 14.4. The predicted octanol–water partition coefficient (Wildman–Crippen LogP) is 2.17. The SMILES string of the molecule is Cl.NC1CCC2CN(C(=O)c3cc(-c4ccco4)on3)CC12. The lowest BCUT2D eigenvalue weighted by Gasteiger charge is -2.17. The lowest BCUT2D eigenvalue weighted by atomic mass is 9.98. The molecule has 2 aromatic rings. The Morgan fingerprint density at radius 2 is 2.18 bits per heavy atom. The molecule has 2 aliphatic rings. The molecule has 1 saturated heterocycles. The van der Waals surface area contributed by atoms with Crippen LogP contribution < -0.4 is 5.73 Å². The molecule has 2 N–H and O–H groups in total. The monoisotopic (exact) mass is 323 g/mol. The summed E-state index contributed by atoms with van der Waals surface area (Å²) in [5.74, 6) is 1.94. The van der Waals surface area contributed by atoms with E-state index in [-0.39, 0.29) is 24.4 Å². The molecule has 2 fully saturated rings. The van der Waals surface area contributed by atoms with Crippen molar-refractivity contribution in [3.05, 3.63) is 30.2 Å². The van der Waals surface area contributed by atoms with Crippen molar-refractivity contribution in [2.24, 2.45) is 17.6 Å². The molecule has 7 heteroatoms. The first kappa shape index (κ1) is 15.1. The standard InChI is InChI=1S/C15H17N3O3.ClH/c16-11-4-3-9-7-18(8-10(9)11)15(19)12-6-14(21-17-12)13-2-1-5-20-13;/h1-2,5-6,9-11H,3-4,7-8,16H2;1H. The molecule has 6 nitrogen and oxygen atoms in total. The maximum absolute atomic E-state index is 12.5. The number of nitrogens with two attached hydrogens (primary N) is 1. The molecule has 118 valence electrons. The number of amides is 1. The largest absolute Gasteiger partial charge is 0.461 e. The highest BCUT2D eigenvalue weighted by Crippen LogP contribution is 2.37. The summed E-state index contributed by atoms with van der Waals surface area (Å²) in [6.07, 6.45) is 3.75. The van der Waals surface area contributed by atoms with Gasteiger partial charge in [-0.25, -0.2) is 0 Å². The van der Waals surface area contributed by atoms with E-state index < -0.39 is 0 Å². The van der Waals surface area contributed by atoms with Gasteiger partial charge in [-0.3, -0.25) is 4.79 Å². The Morgan fingerprint density at radius 3 is 2.91 bits per heavy atom. The molecular weight excluding hydrogens is 306 g/mol. The van der Waals surface area contributed by atoms with Crippen molar-refractivity contribution < 1.29 is 13.7 Å². The molecule has 0 radical (unpaired) electrons. The Hall–Kier alpha value is -1.79. The topological polar surface area (TPSA) is 85.5 Å². The number of hydrogen-bond donors (Lipinski definition) is 1. The van der Waals surface area contributed by atoms with Gasteiger partial charge >= 0.3 is 0 Å². The number of halogens is 1. The molecule has 2 aromatic heterocycles. The minimum absolute atomic E-state index is 0. The van der Waals surface area contributed by atoms with E-state index in [1.807, 2.05) is 4.90 Å². The Balaban J connectivity index is 0.00000144. The van der Waals surface area contributed by atoms with E-state index in [0.717, 1.165) is 25.9 Å². The number of fused-ring (bicyclic) bond motifs is 1. The number of hydrogen-bond acceptors (Lipinski definition) is 5. The van der Waals surface area contributed by atoms with Gasteiger partial charge < -0.3 is 19.6 Å². The second-order valence-electron chi connectivity index (χ2n) is 5.93. The summed E-state index contributed by atoms with van der Waals surface area (Å²) in [7, 11) is 0. The van der Waals surface area contributed by atoms with E-state index in [1.54, 1.807) is 24.5 Å². The molecule has 1 saturated carbocycles. The third-order valence-corrected chi connectivity index (χ3v) is 4.69. The molecule has 1 amide bonds. The van der Waals surface area contributed by atoms with Crippen LogP contribution in [-0.2, 0) is 0 Å². The van der Waals surface area contributed by atoms with Crippen molar-refractivity contribution in [2.75, 3.05) is 13.1 Å². The zero-order valence-electron chi connectivity index (χ0n) is 12.0. The Kier molecular flexibility index (Phi) is 3.97. The molecule has 1 aliphatic carbocycles. The van der Waals surface area contributed by atoms with E-state index in [1.165, 1.54) is 0 Å². The number of likely N-dealkylation sites (tertiary alicyclic amines) is 1. The van der Waals surface area contributed by atoms with Crippen molar-refractivity contribution in [3.63, 3.8) is 0 Å². The van der Waals surface area contributed by atoms with Crippen LogP contribution in [0.15, 0.2) is 33.4 Å². The summed E-state index contributed by atoms with van der Waals surface area (Å²) in [6.45, 7) is 1.51. The summed E-state index contributed by atoms with van der Waals surface area (Å²) < 4.78 is 10.4. The second-order valence-corrected chi connectivity index (χ2v) is 5.93. The van der Waals surface area contributed by atoms with Crippen molar-refractivity contribution in [1.82, 2.24) is 10.1 Å². The Bertz CT molecular complexity index is 655. The maximum atomic E-state index is 12.5. The molecule has 3 heterocycles. The first-order valence-electron chi connectivity index (χ1n) is 7.28. The average Bonchev–Trinajstić information content (AvgIpc) is 3.25. The minimum Gasteiger partial charge on any atom is -0.461 e. The van der Waals surface area contributed by atoms with Crippen molar-refractivity contribution >= 4 is 18.3 Å². The fourth-order valence-corrected chi connectivity index (χ4v) is 3.55. The van der Waals surface area contributed by atoms with Crippen LogP contribution in [0.2, 0.25) is 0 Å². The highest BCUT2D eigenvalue weighted by molar-refractivity contribution is 5.93. The number of carbonyl (C=O) groups is 1. The van der Waals surface area contributed by atoms with E-state index >= 15 is 0 Å². The number of carbonyl (C=O) groups excluding carboxylic acids is 1. The smallest absolute Gasteiger partial charge is 0.276 e. The van der Waals surface area contributed by atoms with Gasteiger partial charge in [-0.1, -0.05) is 5.16 Å². The lowest BCUT2D eigenvalue weighted by molar-refractivity contribution is 0.0769. The first-order valence-corrected chi connectivity index (χ1v) is 7.28. The fraction of sp³-hybridized carbons (Fsp3) is 0.467. The minimum atomic E-state index is -0.0850. The van der Waals surface area contributed by atoms with Crippen LogP contribution >= 0.6 is 12.4 Å². The third-order valence-electron chi connectivity index (χ3n) is 4.69. The van der Waals surface area contributed by atoms with E-state index in [2.05, 4.69) is 5.16 Å². The van der Waals surface area contributed by atoms with Crippen LogP contribution in [0.25, 0.3) is 11.5 Å². The van der Waals surface area contributed by atoms with Crippen LogP contribution in [0.1, 0.15) is 23.3 Å². The van der Waals surface area contributed by atoms with Gasteiger partial charge in [0.05, 0.1) is 6.26 Å². The van der Waals surface area contributed by atoms with Crippen LogP contribution in [0.4, 0.5) is 0 Å². The average molecular weight is 324 g/mol. The zero-order valence-corrected chi connectivity index (χ0v) is 12.8. The normalized spacial score (nSPS) is 26.8. The Morgan fingerprint density at radius 1 is 1.32 bits per heavy atom. The maximum Gasteiger partial charge on any atom is 0.276 e. The van der Waals surface area contributed by atoms with Gasteiger partial charge in [-0.05, 0) is 36.8 Å². The second kappa shape index (κ2) is 5.78. The van der Waals surface area contributed by atoms with Crippen molar-refractivity contribution in [1.29, 1.82) is 0 Å². The summed E-state index contributed by atoms with van der Waals surface area (Å²) in [5, 5.41) is 3.87. The molecule has 22 heavy (non-hydrogen) atoms. The summed E-state index contributed by atoms with van der Waals surface area (Å²) in [6, 6.07) is 5.40. The van der Waals surface area contributed by atoms with Gasteiger partial charge in [-0.15, -0.1) is 12.4 Å². The lowest BCUT2D eigenvalue weighted by Crippen LogP contribution is -2.33. The van der Waals surface area contributed by atoms with Crippen LogP contribution in [0, 0.1) is 11.8 Å². The van der Waals surface area contributed by atoms with Crippen molar-refractivity contribution in [2.45, 2.75) is 18.9 Å². The van der Waals surface area contributed by atoms with Crippen LogP contribution in [-0.4, -0.2) is 35.1 Å². The molecule has 3 unspecified atom stereocenters. The number of nitrogens with zero attached hydrogens (tertiary/aromatic N) is 2. The molecule has 0 aromatic carbocycles. The van der Waals surface area contributed by atoms with E-state index in [0.29, 0.717) is 29.1 Å². The molecule has 0 spiro atoms. The summed E-state index contributed by atoms with van der Waals surface area (Å²) >= 11 is 0. The highest BCUT2D eigenvalue weighted by Gasteiger charge is 2.43. The third kappa shape index (κ3) is 2.42. The van der Waals surface area contributed by atoms with Gasteiger partial charge in [0.25, 0.3) is 5.91 Å². The van der Waals surface area contributed by atoms with Gasteiger partial charge in [0.15, 0.2) is 11.5 Å². The summed E-state index contributed by atoms with van der Waals surface area (Å²) in [5.41, 5.74) is 6.43. The van der Waals surface area contributed by atoms with Crippen molar-refractivity contribution in [3.8, 4) is 11.5 Å². The molecule has 1 aliphatic heterocycles. The number of furan rings is 1. The van der Waals surface area contributed by atoms with Gasteiger partial charge in [0.1, 0.15) is 0 Å². The molecule has 4 rings (SSSR count). The quantitative estimate of drug-likeness (QED) is 0.915. The fourth-order valence-electron chi connectivity index (χ4n) is 3.55. The first-order chi connectivity index (χ1) is 10.2. The predicted molar refractivity (Wildman–Crippen MR) is 81.5 cm³/mol. The van der Waals surface area contributed by atoms with E-state index in [4.69, 9.17) is 14.7 Å². The molecular formula is C15H18ClN3O3. The van der Waals surface area contributed by atoms with Gasteiger partial charge in [0.2, 0.25) is 5.76 Å². The van der Waals surface area contributed by atoms with Gasteiger partial charge in [0, 0.05) is 25.2 Å². The highest BCUT2D eigenvalue weighted by atomic mass is 35.5. The van der Waals surface area contributed by atoms with Gasteiger partial charge in [-0.2, -0.15) is 0 Å². The van der Waals surface area contributed by atoms with Crippen LogP contribution in [0.3, 0.4) is 0 Å². The number of aromatic nitrogens is 1. The Labute approximate surface area is 134 Å². The summed E-state index contributed by atoms with van der Waals surface area (Å²) in [4.78, 5) is 14.3. The van der Waals surface area contributed by atoms with Crippen LogP contribution in [0.5, 0.6) is 0 Å². The van der Waals surface area contributed by atoms with E-state index in [9.17, 15) is 4.79 Å². The molecule has 0 bridgehead atoms. The molecule has 3 atom stereocenters.